The Kier molecular flexibility index (Phi) is 6.07. The smallest absolute Gasteiger partial charge is 0.254 e. The third kappa shape index (κ3) is 4.53. The number of amides is 1. The average molecular weight is 339 g/mol. The third-order valence-electron chi connectivity index (χ3n) is 4.57. The van der Waals surface area contributed by atoms with Gasteiger partial charge >= 0.3 is 0 Å². The topological polar surface area (TPSA) is 49.6 Å². The average Bonchev–Trinajstić information content (AvgIpc) is 2.58. The van der Waals surface area contributed by atoms with E-state index in [9.17, 15) is 4.79 Å². The molecule has 1 atom stereocenters. The molecule has 2 rings (SSSR count). The van der Waals surface area contributed by atoms with Crippen LogP contribution >= 0.6 is 0 Å². The standard InChI is InChI=1S/C21H29N3O/c1-6-16(3)24(21(25)17-9-7-8-15(2)12-17)14-18-13-19(22)10-11-20(18)23(4)5/h7-13,16H,6,14,22H2,1-5H3/t16-/m0/s1. The summed E-state index contributed by atoms with van der Waals surface area (Å²) < 4.78 is 0. The molecule has 0 aliphatic rings. The second-order valence-corrected chi connectivity index (χ2v) is 6.84. The van der Waals surface area contributed by atoms with Crippen LogP contribution in [0.25, 0.3) is 0 Å². The summed E-state index contributed by atoms with van der Waals surface area (Å²) >= 11 is 0. The molecule has 0 radical (unpaired) electrons. The Hall–Kier alpha value is -2.49. The lowest BCUT2D eigenvalue weighted by atomic mass is 10.1. The summed E-state index contributed by atoms with van der Waals surface area (Å²) in [6.07, 6.45) is 0.900. The maximum atomic E-state index is 13.1. The van der Waals surface area contributed by atoms with Gasteiger partial charge in [-0.2, -0.15) is 0 Å². The molecule has 0 bridgehead atoms. The van der Waals surface area contributed by atoms with Gasteiger partial charge in [0.1, 0.15) is 0 Å². The summed E-state index contributed by atoms with van der Waals surface area (Å²) in [5.74, 6) is 0.0604. The van der Waals surface area contributed by atoms with Gasteiger partial charge in [0.15, 0.2) is 0 Å². The molecule has 2 aromatic carbocycles. The van der Waals surface area contributed by atoms with E-state index >= 15 is 0 Å². The van der Waals surface area contributed by atoms with Gasteiger partial charge in [-0.3, -0.25) is 4.79 Å². The van der Waals surface area contributed by atoms with E-state index in [4.69, 9.17) is 5.73 Å². The van der Waals surface area contributed by atoms with Crippen LogP contribution in [0.1, 0.15) is 41.8 Å². The van der Waals surface area contributed by atoms with Crippen molar-refractivity contribution in [1.29, 1.82) is 0 Å². The Morgan fingerprint density at radius 1 is 1.16 bits per heavy atom. The number of aryl methyl sites for hydroxylation is 1. The Balaban J connectivity index is 2.39. The summed E-state index contributed by atoms with van der Waals surface area (Å²) in [5.41, 5.74) is 10.7. The predicted octanol–water partition coefficient (Wildman–Crippen LogP) is 4.08. The molecule has 0 unspecified atom stereocenters. The van der Waals surface area contributed by atoms with Gasteiger partial charge in [0.25, 0.3) is 5.91 Å². The van der Waals surface area contributed by atoms with Crippen LogP contribution in [-0.4, -0.2) is 30.9 Å². The number of anilines is 2. The van der Waals surface area contributed by atoms with Crippen molar-refractivity contribution in [2.45, 2.75) is 39.8 Å². The van der Waals surface area contributed by atoms with E-state index in [2.05, 4.69) is 18.7 Å². The zero-order valence-corrected chi connectivity index (χ0v) is 15.9. The lowest BCUT2D eigenvalue weighted by molar-refractivity contribution is 0.0672. The summed E-state index contributed by atoms with van der Waals surface area (Å²) in [7, 11) is 4.01. The number of rotatable bonds is 6. The van der Waals surface area contributed by atoms with Gasteiger partial charge in [0.2, 0.25) is 0 Å². The molecule has 1 amide bonds. The van der Waals surface area contributed by atoms with Crippen molar-refractivity contribution in [3.05, 3.63) is 59.2 Å². The predicted molar refractivity (Wildman–Crippen MR) is 106 cm³/mol. The Labute approximate surface area is 151 Å². The fourth-order valence-corrected chi connectivity index (χ4v) is 2.94. The Morgan fingerprint density at radius 2 is 1.88 bits per heavy atom. The lowest BCUT2D eigenvalue weighted by Crippen LogP contribution is -2.38. The van der Waals surface area contributed by atoms with Crippen molar-refractivity contribution in [3.8, 4) is 0 Å². The van der Waals surface area contributed by atoms with Crippen LogP contribution in [0, 0.1) is 6.92 Å². The number of carbonyl (C=O) groups is 1. The largest absolute Gasteiger partial charge is 0.399 e. The fourth-order valence-electron chi connectivity index (χ4n) is 2.94. The number of nitrogens with zero attached hydrogens (tertiary/aromatic N) is 2. The zero-order chi connectivity index (χ0) is 18.6. The molecule has 25 heavy (non-hydrogen) atoms. The van der Waals surface area contributed by atoms with E-state index in [0.717, 1.165) is 28.8 Å². The number of hydrogen-bond acceptors (Lipinski definition) is 3. The van der Waals surface area contributed by atoms with Gasteiger partial charge < -0.3 is 15.5 Å². The van der Waals surface area contributed by atoms with Crippen molar-refractivity contribution in [3.63, 3.8) is 0 Å². The molecule has 2 N–H and O–H groups in total. The highest BCUT2D eigenvalue weighted by Gasteiger charge is 2.22. The molecular formula is C21H29N3O. The van der Waals surface area contributed by atoms with Gasteiger partial charge in [-0.25, -0.2) is 0 Å². The number of hydrogen-bond donors (Lipinski definition) is 1. The van der Waals surface area contributed by atoms with Crippen molar-refractivity contribution < 1.29 is 4.79 Å². The van der Waals surface area contributed by atoms with Crippen molar-refractivity contribution in [2.24, 2.45) is 0 Å². The van der Waals surface area contributed by atoms with Crippen molar-refractivity contribution >= 4 is 17.3 Å². The molecule has 0 fully saturated rings. The molecule has 4 nitrogen and oxygen atoms in total. The van der Waals surface area contributed by atoms with E-state index in [0.29, 0.717) is 12.2 Å². The maximum absolute atomic E-state index is 13.1. The molecule has 0 aliphatic carbocycles. The second kappa shape index (κ2) is 8.06. The van der Waals surface area contributed by atoms with Crippen molar-refractivity contribution in [2.75, 3.05) is 24.7 Å². The lowest BCUT2D eigenvalue weighted by Gasteiger charge is -2.31. The third-order valence-corrected chi connectivity index (χ3v) is 4.57. The first-order chi connectivity index (χ1) is 11.8. The van der Waals surface area contributed by atoms with E-state index in [-0.39, 0.29) is 11.9 Å². The van der Waals surface area contributed by atoms with Crippen LogP contribution in [-0.2, 0) is 6.54 Å². The molecule has 4 heteroatoms. The van der Waals surface area contributed by atoms with E-state index in [1.165, 1.54) is 0 Å². The Morgan fingerprint density at radius 3 is 2.48 bits per heavy atom. The SMILES string of the molecule is CC[C@H](C)N(Cc1cc(N)ccc1N(C)C)C(=O)c1cccc(C)c1. The first-order valence-electron chi connectivity index (χ1n) is 8.76. The molecule has 0 heterocycles. The van der Waals surface area contributed by atoms with E-state index in [1.54, 1.807) is 0 Å². The fraction of sp³-hybridized carbons (Fsp3) is 0.381. The summed E-state index contributed by atoms with van der Waals surface area (Å²) in [6, 6.07) is 13.8. The highest BCUT2D eigenvalue weighted by molar-refractivity contribution is 5.94. The molecule has 134 valence electrons. The zero-order valence-electron chi connectivity index (χ0n) is 15.9. The van der Waals surface area contributed by atoms with Crippen LogP contribution in [0.5, 0.6) is 0 Å². The first-order valence-corrected chi connectivity index (χ1v) is 8.76. The quantitative estimate of drug-likeness (QED) is 0.807. The molecular weight excluding hydrogens is 310 g/mol. The first kappa shape index (κ1) is 18.8. The molecule has 0 saturated carbocycles. The minimum atomic E-state index is 0.0604. The second-order valence-electron chi connectivity index (χ2n) is 6.84. The highest BCUT2D eigenvalue weighted by atomic mass is 16.2. The number of nitrogens with two attached hydrogens (primary N) is 1. The summed E-state index contributed by atoms with van der Waals surface area (Å²) in [6.45, 7) is 6.75. The molecule has 0 spiro atoms. The van der Waals surface area contributed by atoms with Crippen LogP contribution < -0.4 is 10.6 Å². The monoisotopic (exact) mass is 339 g/mol. The number of benzene rings is 2. The molecule has 0 aromatic heterocycles. The van der Waals surface area contributed by atoms with E-state index < -0.39 is 0 Å². The maximum Gasteiger partial charge on any atom is 0.254 e. The van der Waals surface area contributed by atoms with Crippen LogP contribution in [0.3, 0.4) is 0 Å². The van der Waals surface area contributed by atoms with Gasteiger partial charge in [0, 0.05) is 43.6 Å². The van der Waals surface area contributed by atoms with Crippen LogP contribution in [0.15, 0.2) is 42.5 Å². The van der Waals surface area contributed by atoms with Gasteiger partial charge in [-0.15, -0.1) is 0 Å². The van der Waals surface area contributed by atoms with Gasteiger partial charge in [-0.1, -0.05) is 24.6 Å². The summed E-state index contributed by atoms with van der Waals surface area (Å²) in [4.78, 5) is 17.1. The minimum Gasteiger partial charge on any atom is -0.399 e. The summed E-state index contributed by atoms with van der Waals surface area (Å²) in [5, 5.41) is 0. The van der Waals surface area contributed by atoms with Crippen LogP contribution in [0.4, 0.5) is 11.4 Å². The number of carbonyl (C=O) groups excluding carboxylic acids is 1. The van der Waals surface area contributed by atoms with Crippen molar-refractivity contribution in [1.82, 2.24) is 4.90 Å². The highest BCUT2D eigenvalue weighted by Crippen LogP contribution is 2.25. The Bertz CT molecular complexity index is 740. The molecule has 0 aliphatic heterocycles. The van der Waals surface area contributed by atoms with Gasteiger partial charge in [0.05, 0.1) is 0 Å². The minimum absolute atomic E-state index is 0.0604. The van der Waals surface area contributed by atoms with E-state index in [1.807, 2.05) is 68.4 Å². The number of nitrogen functional groups attached to an aromatic ring is 1. The molecule has 2 aromatic rings. The van der Waals surface area contributed by atoms with Gasteiger partial charge in [-0.05, 0) is 56.2 Å². The van der Waals surface area contributed by atoms with Crippen LogP contribution in [0.2, 0.25) is 0 Å². The normalized spacial score (nSPS) is 11.9. The molecule has 0 saturated heterocycles.